The van der Waals surface area contributed by atoms with Gasteiger partial charge < -0.3 is 9.15 Å². The number of aromatic amines is 1. The van der Waals surface area contributed by atoms with Crippen LogP contribution in [-0.4, -0.2) is 9.55 Å². The lowest BCUT2D eigenvalue weighted by molar-refractivity contribution is 0.0928. The number of nitrogens with one attached hydrogen (secondary N) is 1. The standard InChI is InChI=1S/C17H16N2O4/c1-12-9-19(17(21)18-16(12)20)14-7-8-23-15(14)11-22-10-13-5-3-2-4-6-13/h2-9H,10-11H2,1H3,(H,18,20,21). The zero-order valence-corrected chi connectivity index (χ0v) is 12.6. The summed E-state index contributed by atoms with van der Waals surface area (Å²) >= 11 is 0. The molecule has 0 aliphatic rings. The predicted molar refractivity (Wildman–Crippen MR) is 84.6 cm³/mol. The van der Waals surface area contributed by atoms with Gasteiger partial charge in [0, 0.05) is 17.8 Å². The monoisotopic (exact) mass is 312 g/mol. The number of rotatable bonds is 5. The van der Waals surface area contributed by atoms with Crippen molar-refractivity contribution in [2.45, 2.75) is 20.1 Å². The molecule has 6 nitrogen and oxygen atoms in total. The summed E-state index contributed by atoms with van der Waals surface area (Å²) in [7, 11) is 0. The van der Waals surface area contributed by atoms with E-state index in [9.17, 15) is 9.59 Å². The molecule has 1 aromatic carbocycles. The third-order valence-corrected chi connectivity index (χ3v) is 3.45. The van der Waals surface area contributed by atoms with E-state index in [0.29, 0.717) is 23.6 Å². The van der Waals surface area contributed by atoms with Crippen molar-refractivity contribution in [2.24, 2.45) is 0 Å². The number of benzene rings is 1. The molecule has 0 amide bonds. The molecule has 0 spiro atoms. The lowest BCUT2D eigenvalue weighted by atomic mass is 10.2. The predicted octanol–water partition coefficient (Wildman–Crippen LogP) is 2.14. The van der Waals surface area contributed by atoms with Gasteiger partial charge in [-0.2, -0.15) is 0 Å². The van der Waals surface area contributed by atoms with E-state index in [2.05, 4.69) is 4.98 Å². The van der Waals surface area contributed by atoms with Crippen LogP contribution in [0.4, 0.5) is 0 Å². The molecule has 0 aliphatic heterocycles. The molecular weight excluding hydrogens is 296 g/mol. The summed E-state index contributed by atoms with van der Waals surface area (Å²) in [6, 6.07) is 11.4. The van der Waals surface area contributed by atoms with Gasteiger partial charge >= 0.3 is 5.69 Å². The average Bonchev–Trinajstić information content (AvgIpc) is 3.00. The SMILES string of the molecule is Cc1cn(-c2ccoc2COCc2ccccc2)c(=O)[nH]c1=O. The van der Waals surface area contributed by atoms with Crippen molar-refractivity contribution in [1.82, 2.24) is 9.55 Å². The van der Waals surface area contributed by atoms with Crippen LogP contribution < -0.4 is 11.2 Å². The Hall–Kier alpha value is -2.86. The van der Waals surface area contributed by atoms with E-state index in [1.165, 1.54) is 17.0 Å². The topological polar surface area (TPSA) is 77.2 Å². The van der Waals surface area contributed by atoms with E-state index in [4.69, 9.17) is 9.15 Å². The molecule has 3 aromatic rings. The molecule has 2 heterocycles. The third kappa shape index (κ3) is 3.32. The minimum Gasteiger partial charge on any atom is -0.465 e. The Morgan fingerprint density at radius 3 is 2.70 bits per heavy atom. The maximum Gasteiger partial charge on any atom is 0.333 e. The fourth-order valence-electron chi connectivity index (χ4n) is 2.24. The Labute approximate surface area is 132 Å². The highest BCUT2D eigenvalue weighted by Gasteiger charge is 2.11. The maximum absolute atomic E-state index is 12.0. The van der Waals surface area contributed by atoms with Gasteiger partial charge in [0.25, 0.3) is 5.56 Å². The van der Waals surface area contributed by atoms with E-state index in [1.54, 1.807) is 13.0 Å². The van der Waals surface area contributed by atoms with Crippen LogP contribution in [0.25, 0.3) is 5.69 Å². The summed E-state index contributed by atoms with van der Waals surface area (Å²) in [5.41, 5.74) is 1.16. The molecule has 0 saturated heterocycles. The summed E-state index contributed by atoms with van der Waals surface area (Å²) in [5.74, 6) is 0.523. The van der Waals surface area contributed by atoms with E-state index in [1.807, 2.05) is 30.3 Å². The largest absolute Gasteiger partial charge is 0.465 e. The lowest BCUT2D eigenvalue weighted by Crippen LogP contribution is -2.30. The summed E-state index contributed by atoms with van der Waals surface area (Å²) < 4.78 is 12.4. The van der Waals surface area contributed by atoms with Gasteiger partial charge in [-0.05, 0) is 12.5 Å². The molecule has 0 fully saturated rings. The molecule has 3 rings (SSSR count). The van der Waals surface area contributed by atoms with Crippen molar-refractivity contribution in [3.05, 3.63) is 86.6 Å². The van der Waals surface area contributed by atoms with Crippen LogP contribution in [0.5, 0.6) is 0 Å². The lowest BCUT2D eigenvalue weighted by Gasteiger charge is -2.07. The van der Waals surface area contributed by atoms with Crippen molar-refractivity contribution in [1.29, 1.82) is 0 Å². The molecule has 118 valence electrons. The number of aryl methyl sites for hydroxylation is 1. The van der Waals surface area contributed by atoms with Crippen LogP contribution in [0.2, 0.25) is 0 Å². The summed E-state index contributed by atoms with van der Waals surface area (Å²) in [6.07, 6.45) is 2.98. The van der Waals surface area contributed by atoms with Gasteiger partial charge in [0.1, 0.15) is 6.61 Å². The second kappa shape index (κ2) is 6.50. The number of hydrogen-bond donors (Lipinski definition) is 1. The first-order valence-electron chi connectivity index (χ1n) is 7.16. The zero-order valence-electron chi connectivity index (χ0n) is 12.6. The smallest absolute Gasteiger partial charge is 0.333 e. The van der Waals surface area contributed by atoms with Crippen molar-refractivity contribution in [3.8, 4) is 5.69 Å². The molecule has 6 heteroatoms. The Morgan fingerprint density at radius 1 is 1.13 bits per heavy atom. The Morgan fingerprint density at radius 2 is 1.91 bits per heavy atom. The first-order chi connectivity index (χ1) is 11.1. The second-order valence-electron chi connectivity index (χ2n) is 5.15. The quantitative estimate of drug-likeness (QED) is 0.783. The molecule has 23 heavy (non-hydrogen) atoms. The highest BCUT2D eigenvalue weighted by Crippen LogP contribution is 2.16. The minimum atomic E-state index is -0.508. The van der Waals surface area contributed by atoms with Crippen LogP contribution >= 0.6 is 0 Å². The molecular formula is C17H16N2O4. The van der Waals surface area contributed by atoms with E-state index in [0.717, 1.165) is 5.56 Å². The van der Waals surface area contributed by atoms with Gasteiger partial charge in [-0.25, -0.2) is 4.79 Å². The Bertz CT molecular complexity index is 906. The maximum atomic E-state index is 12.0. The van der Waals surface area contributed by atoms with Gasteiger partial charge in [-0.15, -0.1) is 0 Å². The summed E-state index contributed by atoms with van der Waals surface area (Å²) in [5, 5.41) is 0. The van der Waals surface area contributed by atoms with Crippen molar-refractivity contribution in [3.63, 3.8) is 0 Å². The number of aromatic nitrogens is 2. The Balaban J connectivity index is 1.79. The van der Waals surface area contributed by atoms with Crippen LogP contribution in [0.15, 0.2) is 62.9 Å². The second-order valence-corrected chi connectivity index (χ2v) is 5.15. The van der Waals surface area contributed by atoms with Gasteiger partial charge in [0.05, 0.1) is 18.6 Å². The van der Waals surface area contributed by atoms with Crippen molar-refractivity contribution < 1.29 is 9.15 Å². The minimum absolute atomic E-state index is 0.224. The summed E-state index contributed by atoms with van der Waals surface area (Å²) in [6.45, 7) is 2.31. The molecule has 0 aliphatic carbocycles. The number of H-pyrrole nitrogens is 1. The average molecular weight is 312 g/mol. The first kappa shape index (κ1) is 15.1. The van der Waals surface area contributed by atoms with Crippen LogP contribution in [0.1, 0.15) is 16.9 Å². The fourth-order valence-corrected chi connectivity index (χ4v) is 2.24. The highest BCUT2D eigenvalue weighted by molar-refractivity contribution is 5.34. The molecule has 2 aromatic heterocycles. The molecule has 0 unspecified atom stereocenters. The van der Waals surface area contributed by atoms with Crippen molar-refractivity contribution in [2.75, 3.05) is 0 Å². The Kier molecular flexibility index (Phi) is 4.25. The third-order valence-electron chi connectivity index (χ3n) is 3.45. The molecule has 0 radical (unpaired) electrons. The van der Waals surface area contributed by atoms with Gasteiger partial charge in [0.15, 0.2) is 5.76 Å². The summed E-state index contributed by atoms with van der Waals surface area (Å²) in [4.78, 5) is 25.7. The van der Waals surface area contributed by atoms with Crippen LogP contribution in [0.3, 0.4) is 0 Å². The molecule has 0 atom stereocenters. The first-order valence-corrected chi connectivity index (χ1v) is 7.16. The van der Waals surface area contributed by atoms with Crippen molar-refractivity contribution >= 4 is 0 Å². The van der Waals surface area contributed by atoms with E-state index < -0.39 is 11.2 Å². The number of nitrogens with zero attached hydrogens (tertiary/aromatic N) is 1. The molecule has 0 bridgehead atoms. The van der Waals surface area contributed by atoms with Crippen LogP contribution in [-0.2, 0) is 18.0 Å². The van der Waals surface area contributed by atoms with Gasteiger partial charge in [0.2, 0.25) is 0 Å². The van der Waals surface area contributed by atoms with Crippen LogP contribution in [0, 0.1) is 6.92 Å². The number of hydrogen-bond acceptors (Lipinski definition) is 4. The normalized spacial score (nSPS) is 10.8. The molecule has 1 N–H and O–H groups in total. The van der Waals surface area contributed by atoms with E-state index in [-0.39, 0.29) is 6.61 Å². The highest BCUT2D eigenvalue weighted by atomic mass is 16.5. The zero-order chi connectivity index (χ0) is 16.2. The van der Waals surface area contributed by atoms with Gasteiger partial charge in [-0.3, -0.25) is 14.3 Å². The van der Waals surface area contributed by atoms with Gasteiger partial charge in [-0.1, -0.05) is 30.3 Å². The number of ether oxygens (including phenoxy) is 1. The van der Waals surface area contributed by atoms with E-state index >= 15 is 0 Å². The number of furan rings is 1. The fraction of sp³-hybridized carbons (Fsp3) is 0.176. The molecule has 0 saturated carbocycles.